The minimum Gasteiger partial charge on any atom is -0.350 e. The molecule has 0 saturated carbocycles. The smallest absolute Gasteiger partial charge is 0.270 e. The van der Waals surface area contributed by atoms with E-state index in [1.165, 1.54) is 11.6 Å². The second kappa shape index (κ2) is 8.45. The summed E-state index contributed by atoms with van der Waals surface area (Å²) < 4.78 is 0. The van der Waals surface area contributed by atoms with E-state index in [4.69, 9.17) is 0 Å². The predicted molar refractivity (Wildman–Crippen MR) is 107 cm³/mol. The Morgan fingerprint density at radius 2 is 1.78 bits per heavy atom. The molecule has 5 heteroatoms. The largest absolute Gasteiger partial charge is 0.350 e. The number of nitrogens with one attached hydrogen (secondary N) is 2. The van der Waals surface area contributed by atoms with E-state index in [0.29, 0.717) is 18.3 Å². The lowest BCUT2D eigenvalue weighted by molar-refractivity contribution is 0.0949. The summed E-state index contributed by atoms with van der Waals surface area (Å²) in [5.74, 6) is 0.536. The number of aromatic amines is 1. The first-order valence-electron chi connectivity index (χ1n) is 9.07. The van der Waals surface area contributed by atoms with Gasteiger partial charge in [-0.05, 0) is 23.5 Å². The molecule has 1 amide bonds. The number of amides is 1. The van der Waals surface area contributed by atoms with Gasteiger partial charge in [-0.2, -0.15) is 0 Å². The molecule has 0 aliphatic carbocycles. The van der Waals surface area contributed by atoms with Gasteiger partial charge in [0.15, 0.2) is 0 Å². The van der Waals surface area contributed by atoms with Crippen molar-refractivity contribution in [2.75, 3.05) is 6.54 Å². The Bertz CT molecular complexity index is 961. The molecule has 3 rings (SSSR count). The second-order valence-electron chi connectivity index (χ2n) is 6.75. The van der Waals surface area contributed by atoms with Gasteiger partial charge >= 0.3 is 0 Å². The lowest BCUT2D eigenvalue weighted by Crippen LogP contribution is -2.28. The lowest BCUT2D eigenvalue weighted by atomic mass is 10.0. The molecule has 138 valence electrons. The maximum absolute atomic E-state index is 12.4. The number of hydrogen-bond acceptors (Lipinski definition) is 3. The number of aromatic nitrogens is 2. The molecule has 2 N–H and O–H groups in total. The van der Waals surface area contributed by atoms with Crippen molar-refractivity contribution in [1.29, 1.82) is 0 Å². The van der Waals surface area contributed by atoms with E-state index in [9.17, 15) is 9.59 Å². The van der Waals surface area contributed by atoms with Crippen LogP contribution in [0.5, 0.6) is 0 Å². The summed E-state index contributed by atoms with van der Waals surface area (Å²) >= 11 is 0. The molecule has 1 aromatic heterocycles. The van der Waals surface area contributed by atoms with Crippen molar-refractivity contribution in [3.8, 4) is 11.4 Å². The van der Waals surface area contributed by atoms with Crippen LogP contribution in [-0.4, -0.2) is 22.4 Å². The molecule has 3 aromatic rings. The van der Waals surface area contributed by atoms with Crippen molar-refractivity contribution < 1.29 is 4.79 Å². The molecule has 5 nitrogen and oxygen atoms in total. The van der Waals surface area contributed by atoms with E-state index in [2.05, 4.69) is 53.4 Å². The van der Waals surface area contributed by atoms with E-state index in [1.807, 2.05) is 30.3 Å². The predicted octanol–water partition coefficient (Wildman–Crippen LogP) is 3.53. The molecular weight excluding hydrogens is 338 g/mol. The van der Waals surface area contributed by atoms with E-state index in [-0.39, 0.29) is 17.2 Å². The summed E-state index contributed by atoms with van der Waals surface area (Å²) in [6.07, 6.45) is 0.721. The number of carbonyl (C=O) groups excluding carboxylic acids is 1. The highest BCUT2D eigenvalue weighted by Crippen LogP contribution is 2.15. The van der Waals surface area contributed by atoms with Crippen LogP contribution in [-0.2, 0) is 6.42 Å². The molecule has 1 heterocycles. The Kier molecular flexibility index (Phi) is 5.81. The molecule has 0 spiro atoms. The number of carbonyl (C=O) groups is 1. The van der Waals surface area contributed by atoms with Gasteiger partial charge < -0.3 is 10.3 Å². The SMILES string of the molecule is CC(C)c1ccc(CCNC(=O)c2cc(=O)[nH]c(-c3ccccc3)n2)cc1. The summed E-state index contributed by atoms with van der Waals surface area (Å²) in [4.78, 5) is 31.2. The number of nitrogens with zero attached hydrogens (tertiary/aromatic N) is 1. The first-order valence-corrected chi connectivity index (χ1v) is 9.07. The highest BCUT2D eigenvalue weighted by molar-refractivity contribution is 5.92. The zero-order valence-electron chi connectivity index (χ0n) is 15.5. The maximum atomic E-state index is 12.4. The Labute approximate surface area is 158 Å². The van der Waals surface area contributed by atoms with E-state index in [0.717, 1.165) is 17.5 Å². The van der Waals surface area contributed by atoms with Gasteiger partial charge in [-0.3, -0.25) is 9.59 Å². The number of rotatable bonds is 6. The van der Waals surface area contributed by atoms with Crippen LogP contribution in [0.15, 0.2) is 65.5 Å². The van der Waals surface area contributed by atoms with E-state index in [1.54, 1.807) is 0 Å². The molecule has 27 heavy (non-hydrogen) atoms. The molecule has 0 radical (unpaired) electrons. The topological polar surface area (TPSA) is 74.8 Å². The van der Waals surface area contributed by atoms with E-state index < -0.39 is 0 Å². The minimum atomic E-state index is -0.350. The third-order valence-electron chi connectivity index (χ3n) is 4.37. The second-order valence-corrected chi connectivity index (χ2v) is 6.75. The maximum Gasteiger partial charge on any atom is 0.270 e. The number of hydrogen-bond donors (Lipinski definition) is 2. The van der Waals surface area contributed by atoms with Gasteiger partial charge in [-0.25, -0.2) is 4.98 Å². The quantitative estimate of drug-likeness (QED) is 0.705. The average Bonchev–Trinajstić information content (AvgIpc) is 2.68. The monoisotopic (exact) mass is 361 g/mol. The molecule has 0 saturated heterocycles. The fourth-order valence-corrected chi connectivity index (χ4v) is 2.79. The zero-order chi connectivity index (χ0) is 19.2. The summed E-state index contributed by atoms with van der Waals surface area (Å²) in [6, 6.07) is 18.9. The highest BCUT2D eigenvalue weighted by atomic mass is 16.2. The summed E-state index contributed by atoms with van der Waals surface area (Å²) in [7, 11) is 0. The Hall–Kier alpha value is -3.21. The van der Waals surface area contributed by atoms with E-state index >= 15 is 0 Å². The van der Waals surface area contributed by atoms with Gasteiger partial charge in [-0.1, -0.05) is 68.4 Å². The van der Waals surface area contributed by atoms with Crippen LogP contribution in [0.25, 0.3) is 11.4 Å². The van der Waals surface area contributed by atoms with Crippen molar-refractivity contribution >= 4 is 5.91 Å². The Morgan fingerprint density at radius 3 is 2.44 bits per heavy atom. The first-order chi connectivity index (χ1) is 13.0. The van der Waals surface area contributed by atoms with Crippen molar-refractivity contribution in [3.63, 3.8) is 0 Å². The fourth-order valence-electron chi connectivity index (χ4n) is 2.79. The van der Waals surface area contributed by atoms with Gasteiger partial charge in [0.2, 0.25) is 0 Å². The van der Waals surface area contributed by atoms with Gasteiger partial charge in [0, 0.05) is 18.2 Å². The molecule has 2 aromatic carbocycles. The molecule has 0 atom stereocenters. The van der Waals surface area contributed by atoms with Crippen molar-refractivity contribution in [2.24, 2.45) is 0 Å². The lowest BCUT2D eigenvalue weighted by Gasteiger charge is -2.08. The molecule has 0 aliphatic heterocycles. The number of H-pyrrole nitrogens is 1. The van der Waals surface area contributed by atoms with Crippen LogP contribution in [0.2, 0.25) is 0 Å². The fraction of sp³-hybridized carbons (Fsp3) is 0.227. The standard InChI is InChI=1S/C22H23N3O2/c1-15(2)17-10-8-16(9-11-17)12-13-23-22(27)19-14-20(26)25-21(24-19)18-6-4-3-5-7-18/h3-11,14-15H,12-13H2,1-2H3,(H,23,27)(H,24,25,26). The van der Waals surface area contributed by atoms with Gasteiger partial charge in [0.05, 0.1) is 0 Å². The Balaban J connectivity index is 1.64. The minimum absolute atomic E-state index is 0.118. The average molecular weight is 361 g/mol. The molecule has 0 bridgehead atoms. The third kappa shape index (κ3) is 4.91. The van der Waals surface area contributed by atoms with Crippen molar-refractivity contribution in [1.82, 2.24) is 15.3 Å². The first kappa shape index (κ1) is 18.6. The van der Waals surface area contributed by atoms with Crippen LogP contribution >= 0.6 is 0 Å². The molecule has 0 aliphatic rings. The summed E-state index contributed by atoms with van der Waals surface area (Å²) in [5.41, 5.74) is 2.98. The normalized spacial score (nSPS) is 10.8. The molecule has 0 fully saturated rings. The summed E-state index contributed by atoms with van der Waals surface area (Å²) in [6.45, 7) is 4.80. The van der Waals surface area contributed by atoms with Crippen LogP contribution in [0, 0.1) is 0 Å². The van der Waals surface area contributed by atoms with Crippen LogP contribution < -0.4 is 10.9 Å². The van der Waals surface area contributed by atoms with Crippen molar-refractivity contribution in [2.45, 2.75) is 26.2 Å². The van der Waals surface area contributed by atoms with Crippen molar-refractivity contribution in [3.05, 3.63) is 87.8 Å². The molecular formula is C22H23N3O2. The van der Waals surface area contributed by atoms with Gasteiger partial charge in [-0.15, -0.1) is 0 Å². The third-order valence-corrected chi connectivity index (χ3v) is 4.37. The number of benzene rings is 2. The molecule has 0 unspecified atom stereocenters. The Morgan fingerprint density at radius 1 is 1.07 bits per heavy atom. The van der Waals surface area contributed by atoms with Crippen LogP contribution in [0.1, 0.15) is 41.4 Å². The van der Waals surface area contributed by atoms with Gasteiger partial charge in [0.1, 0.15) is 11.5 Å². The van der Waals surface area contributed by atoms with Crippen LogP contribution in [0.3, 0.4) is 0 Å². The van der Waals surface area contributed by atoms with Crippen LogP contribution in [0.4, 0.5) is 0 Å². The zero-order valence-corrected chi connectivity index (χ0v) is 15.5. The highest BCUT2D eigenvalue weighted by Gasteiger charge is 2.11. The van der Waals surface area contributed by atoms with Gasteiger partial charge in [0.25, 0.3) is 11.5 Å². The summed E-state index contributed by atoms with van der Waals surface area (Å²) in [5, 5.41) is 2.84.